The molecule has 1 N–H and O–H groups in total. The number of fused-ring (bicyclic) bond motifs is 1. The molecule has 3 aromatic heterocycles. The van der Waals surface area contributed by atoms with E-state index in [1.54, 1.807) is 4.40 Å². The molecular formula is C23H22N6O. The first-order valence-corrected chi connectivity index (χ1v) is 10.1. The van der Waals surface area contributed by atoms with Gasteiger partial charge in [-0.05, 0) is 56.2 Å². The van der Waals surface area contributed by atoms with Crippen molar-refractivity contribution in [2.45, 2.75) is 19.8 Å². The number of pyridine rings is 1. The van der Waals surface area contributed by atoms with Gasteiger partial charge < -0.3 is 10.2 Å². The lowest BCUT2D eigenvalue weighted by Gasteiger charge is -2.15. The van der Waals surface area contributed by atoms with E-state index < -0.39 is 0 Å². The monoisotopic (exact) mass is 398 g/mol. The molecule has 150 valence electrons. The van der Waals surface area contributed by atoms with Crippen LogP contribution in [0, 0.1) is 6.92 Å². The molecule has 1 aromatic carbocycles. The minimum Gasteiger partial charge on any atom is -0.355 e. The molecule has 1 fully saturated rings. The number of carbonyl (C=O) groups is 1. The predicted octanol–water partition coefficient (Wildman–Crippen LogP) is 3.95. The number of nitrogens with one attached hydrogen (secondary N) is 1. The zero-order valence-corrected chi connectivity index (χ0v) is 16.7. The molecule has 5 rings (SSSR count). The van der Waals surface area contributed by atoms with Crippen LogP contribution < -0.4 is 10.2 Å². The van der Waals surface area contributed by atoms with Gasteiger partial charge in [-0.25, -0.2) is 4.98 Å². The lowest BCUT2D eigenvalue weighted by molar-refractivity contribution is 0.102. The van der Waals surface area contributed by atoms with Crippen molar-refractivity contribution in [3.63, 3.8) is 0 Å². The van der Waals surface area contributed by atoms with Crippen molar-refractivity contribution in [1.82, 2.24) is 19.6 Å². The van der Waals surface area contributed by atoms with Crippen LogP contribution in [0.15, 0.2) is 60.8 Å². The minimum absolute atomic E-state index is 0.196. The Bertz CT molecular complexity index is 1210. The van der Waals surface area contributed by atoms with Crippen LogP contribution in [0.1, 0.15) is 29.0 Å². The minimum atomic E-state index is -0.196. The Morgan fingerprint density at radius 2 is 1.87 bits per heavy atom. The zero-order chi connectivity index (χ0) is 20.5. The summed E-state index contributed by atoms with van der Waals surface area (Å²) >= 11 is 0. The number of benzene rings is 1. The van der Waals surface area contributed by atoms with E-state index in [1.807, 2.05) is 67.7 Å². The van der Waals surface area contributed by atoms with E-state index in [0.717, 1.165) is 35.8 Å². The standard InChI is InChI=1S/C23H22N6O/c1-16-22(29-14-3-2-9-20(29)24-16)23(30)25-18-8-6-7-17(15-18)19-10-11-21(27-26-19)28-12-4-5-13-28/h2-3,6-11,14-15H,4-5,12-13H2,1H3,(H,25,30). The highest BCUT2D eigenvalue weighted by Crippen LogP contribution is 2.24. The van der Waals surface area contributed by atoms with Crippen molar-refractivity contribution < 1.29 is 4.79 Å². The lowest BCUT2D eigenvalue weighted by Crippen LogP contribution is -2.19. The number of hydrogen-bond donors (Lipinski definition) is 1. The van der Waals surface area contributed by atoms with Crippen molar-refractivity contribution >= 4 is 23.1 Å². The Kier molecular flexibility index (Phi) is 4.63. The van der Waals surface area contributed by atoms with Gasteiger partial charge in [0.05, 0.1) is 11.4 Å². The number of carbonyl (C=O) groups excluding carboxylic acids is 1. The molecule has 1 amide bonds. The predicted molar refractivity (Wildman–Crippen MR) is 117 cm³/mol. The summed E-state index contributed by atoms with van der Waals surface area (Å²) in [6.45, 7) is 3.92. The summed E-state index contributed by atoms with van der Waals surface area (Å²) in [7, 11) is 0. The number of aryl methyl sites for hydroxylation is 1. The Balaban J connectivity index is 1.38. The molecule has 7 nitrogen and oxygen atoms in total. The van der Waals surface area contributed by atoms with Crippen molar-refractivity contribution in [2.75, 3.05) is 23.3 Å². The van der Waals surface area contributed by atoms with E-state index in [1.165, 1.54) is 12.8 Å². The first kappa shape index (κ1) is 18.3. The second-order valence-electron chi connectivity index (χ2n) is 7.48. The maximum absolute atomic E-state index is 12.9. The third-order valence-corrected chi connectivity index (χ3v) is 5.42. The fourth-order valence-corrected chi connectivity index (χ4v) is 3.93. The fourth-order valence-electron chi connectivity index (χ4n) is 3.93. The average molecular weight is 398 g/mol. The molecule has 0 unspecified atom stereocenters. The molecule has 30 heavy (non-hydrogen) atoms. The topological polar surface area (TPSA) is 75.4 Å². The van der Waals surface area contributed by atoms with Gasteiger partial charge in [-0.1, -0.05) is 18.2 Å². The smallest absolute Gasteiger partial charge is 0.274 e. The van der Waals surface area contributed by atoms with Crippen LogP contribution in [-0.4, -0.2) is 38.6 Å². The summed E-state index contributed by atoms with van der Waals surface area (Å²) in [6, 6.07) is 17.3. The van der Waals surface area contributed by atoms with Crippen LogP contribution in [-0.2, 0) is 0 Å². The van der Waals surface area contributed by atoms with E-state index in [9.17, 15) is 4.79 Å². The van der Waals surface area contributed by atoms with Crippen LogP contribution in [0.5, 0.6) is 0 Å². The number of rotatable bonds is 4. The summed E-state index contributed by atoms with van der Waals surface area (Å²) in [5.41, 5.74) is 4.36. The van der Waals surface area contributed by atoms with Gasteiger partial charge >= 0.3 is 0 Å². The molecular weight excluding hydrogens is 376 g/mol. The lowest BCUT2D eigenvalue weighted by atomic mass is 10.1. The number of nitrogens with zero attached hydrogens (tertiary/aromatic N) is 5. The maximum Gasteiger partial charge on any atom is 0.274 e. The van der Waals surface area contributed by atoms with Gasteiger partial charge in [-0.3, -0.25) is 9.20 Å². The average Bonchev–Trinajstić information content (AvgIpc) is 3.41. The van der Waals surface area contributed by atoms with Crippen LogP contribution in [0.3, 0.4) is 0 Å². The summed E-state index contributed by atoms with van der Waals surface area (Å²) in [5.74, 6) is 0.725. The molecule has 1 saturated heterocycles. The van der Waals surface area contributed by atoms with Crippen molar-refractivity contribution in [1.29, 1.82) is 0 Å². The van der Waals surface area contributed by atoms with Gasteiger partial charge in [0.2, 0.25) is 0 Å². The molecule has 1 aliphatic rings. The number of aromatic nitrogens is 4. The first-order valence-electron chi connectivity index (χ1n) is 10.1. The van der Waals surface area contributed by atoms with E-state index in [0.29, 0.717) is 17.1 Å². The van der Waals surface area contributed by atoms with Crippen LogP contribution in [0.4, 0.5) is 11.5 Å². The SMILES string of the molecule is Cc1nc2ccccn2c1C(=O)Nc1cccc(-c2ccc(N3CCCC3)nn2)c1. The normalized spacial score (nSPS) is 13.7. The molecule has 7 heteroatoms. The van der Waals surface area contributed by atoms with Crippen molar-refractivity contribution in [2.24, 2.45) is 0 Å². The number of anilines is 2. The molecule has 0 radical (unpaired) electrons. The number of hydrogen-bond acceptors (Lipinski definition) is 5. The summed E-state index contributed by atoms with van der Waals surface area (Å²) in [6.07, 6.45) is 4.26. The number of amides is 1. The van der Waals surface area contributed by atoms with E-state index in [-0.39, 0.29) is 5.91 Å². The van der Waals surface area contributed by atoms with Crippen LogP contribution in [0.25, 0.3) is 16.9 Å². The molecule has 4 aromatic rings. The highest BCUT2D eigenvalue weighted by Gasteiger charge is 2.17. The Morgan fingerprint density at radius 3 is 2.67 bits per heavy atom. The zero-order valence-electron chi connectivity index (χ0n) is 16.7. The summed E-state index contributed by atoms with van der Waals surface area (Å²) < 4.78 is 1.80. The second-order valence-corrected chi connectivity index (χ2v) is 7.48. The van der Waals surface area contributed by atoms with Crippen molar-refractivity contribution in [3.05, 3.63) is 72.2 Å². The quantitative estimate of drug-likeness (QED) is 0.563. The van der Waals surface area contributed by atoms with Gasteiger partial charge in [-0.2, -0.15) is 0 Å². The van der Waals surface area contributed by atoms with E-state index >= 15 is 0 Å². The fraction of sp³-hybridized carbons (Fsp3) is 0.217. The maximum atomic E-state index is 12.9. The Hall–Kier alpha value is -3.74. The number of imidazole rings is 1. The summed E-state index contributed by atoms with van der Waals surface area (Å²) in [4.78, 5) is 19.7. The Morgan fingerprint density at radius 1 is 1.00 bits per heavy atom. The summed E-state index contributed by atoms with van der Waals surface area (Å²) in [5, 5.41) is 11.8. The van der Waals surface area contributed by atoms with Crippen LogP contribution in [0.2, 0.25) is 0 Å². The van der Waals surface area contributed by atoms with Gasteiger partial charge in [0, 0.05) is 30.5 Å². The van der Waals surface area contributed by atoms with Crippen molar-refractivity contribution in [3.8, 4) is 11.3 Å². The Labute approximate surface area is 174 Å². The molecule has 0 bridgehead atoms. The highest BCUT2D eigenvalue weighted by molar-refractivity contribution is 6.04. The molecule has 0 atom stereocenters. The largest absolute Gasteiger partial charge is 0.355 e. The highest BCUT2D eigenvalue weighted by atomic mass is 16.2. The molecule has 1 aliphatic heterocycles. The van der Waals surface area contributed by atoms with Gasteiger partial charge in [0.25, 0.3) is 5.91 Å². The van der Waals surface area contributed by atoms with Gasteiger partial charge in [0.15, 0.2) is 5.82 Å². The second kappa shape index (κ2) is 7.59. The third-order valence-electron chi connectivity index (χ3n) is 5.42. The van der Waals surface area contributed by atoms with E-state index in [2.05, 4.69) is 25.4 Å². The third kappa shape index (κ3) is 3.39. The molecule has 0 spiro atoms. The molecule has 0 aliphatic carbocycles. The first-order chi connectivity index (χ1) is 14.7. The van der Waals surface area contributed by atoms with Gasteiger partial charge in [0.1, 0.15) is 11.3 Å². The molecule has 4 heterocycles. The van der Waals surface area contributed by atoms with Gasteiger partial charge in [-0.15, -0.1) is 10.2 Å². The van der Waals surface area contributed by atoms with Crippen LogP contribution >= 0.6 is 0 Å². The van der Waals surface area contributed by atoms with E-state index in [4.69, 9.17) is 0 Å². The molecule has 0 saturated carbocycles.